The summed E-state index contributed by atoms with van der Waals surface area (Å²) in [6.07, 6.45) is 8.92. The molecule has 0 aromatic rings. The topological polar surface area (TPSA) is 54.4 Å². The molecule has 0 spiro atoms. The number of aliphatic hydroxyl groups excluding tert-OH is 1. The molecule has 1 N–H and O–H groups in total. The highest BCUT2D eigenvalue weighted by Gasteiger charge is 2.73. The van der Waals surface area contributed by atoms with Crippen LogP contribution in [0.15, 0.2) is 23.8 Å². The van der Waals surface area contributed by atoms with Crippen LogP contribution in [0, 0.1) is 22.7 Å². The molecule has 4 aliphatic carbocycles. The van der Waals surface area contributed by atoms with Crippen LogP contribution in [-0.2, 0) is 15.6 Å². The molecule has 0 aromatic carbocycles. The molecule has 0 bridgehead atoms. The molecular weight excluding hydrogens is 395 g/mol. The van der Waals surface area contributed by atoms with E-state index in [0.717, 1.165) is 18.4 Å². The second kappa shape index (κ2) is 6.52. The van der Waals surface area contributed by atoms with Gasteiger partial charge in [-0.2, -0.15) is 0 Å². The van der Waals surface area contributed by atoms with Crippen molar-refractivity contribution < 1.29 is 18.5 Å². The standard InChI is InChI=1S/C22H31FO3S2/c1-5-28(26)21(27-4)11-9-16-17-7-6-14-12-15(24)8-10-19(14,2)22(17,23)18(25)13-20(16,21)3/h8,10,12,16-18,25H,5-7,9,11,13H2,1-4H3/t16-,17-,18-,19-,20-,21-,22-,28?/m0/s1. The average molecular weight is 427 g/mol. The summed E-state index contributed by atoms with van der Waals surface area (Å²) in [6.45, 7) is 5.94. The zero-order valence-electron chi connectivity index (χ0n) is 17.2. The average Bonchev–Trinajstić information content (AvgIpc) is 2.96. The summed E-state index contributed by atoms with van der Waals surface area (Å²) in [4.78, 5) is 11.9. The maximum atomic E-state index is 17.0. The number of hydrogen-bond donors (Lipinski definition) is 1. The van der Waals surface area contributed by atoms with Crippen LogP contribution in [-0.4, -0.2) is 43.0 Å². The predicted octanol–water partition coefficient (Wildman–Crippen LogP) is 4.19. The van der Waals surface area contributed by atoms with E-state index in [4.69, 9.17) is 0 Å². The minimum atomic E-state index is -1.79. The van der Waals surface area contributed by atoms with Crippen LogP contribution in [0.3, 0.4) is 0 Å². The Hall–Kier alpha value is -0.460. The van der Waals surface area contributed by atoms with Crippen LogP contribution in [0.25, 0.3) is 0 Å². The number of ketones is 1. The zero-order valence-corrected chi connectivity index (χ0v) is 18.8. The van der Waals surface area contributed by atoms with Gasteiger partial charge in [0.1, 0.15) is 0 Å². The summed E-state index contributed by atoms with van der Waals surface area (Å²) in [5.74, 6) is 0.294. The van der Waals surface area contributed by atoms with Crippen molar-refractivity contribution in [2.45, 2.75) is 68.7 Å². The monoisotopic (exact) mass is 426 g/mol. The lowest BCUT2D eigenvalue weighted by Gasteiger charge is -2.63. The third kappa shape index (κ3) is 2.26. The highest BCUT2D eigenvalue weighted by molar-refractivity contribution is 8.12. The maximum absolute atomic E-state index is 17.0. The van der Waals surface area contributed by atoms with Gasteiger partial charge < -0.3 is 5.11 Å². The molecule has 4 rings (SSSR count). The fraction of sp³-hybridized carbons (Fsp3) is 0.773. The first-order valence-electron chi connectivity index (χ1n) is 10.4. The van der Waals surface area contributed by atoms with Gasteiger partial charge in [0.2, 0.25) is 0 Å². The molecule has 1 unspecified atom stereocenters. The maximum Gasteiger partial charge on any atom is 0.178 e. The third-order valence-electron chi connectivity index (χ3n) is 8.65. The number of rotatable bonds is 3. The van der Waals surface area contributed by atoms with Crippen molar-refractivity contribution in [3.63, 3.8) is 0 Å². The molecular formula is C22H31FO3S2. The largest absolute Gasteiger partial charge is 0.390 e. The molecule has 3 saturated carbocycles. The van der Waals surface area contributed by atoms with Crippen molar-refractivity contribution in [2.24, 2.45) is 22.7 Å². The summed E-state index contributed by atoms with van der Waals surface area (Å²) < 4.78 is 29.7. The molecule has 0 radical (unpaired) electrons. The molecule has 0 aromatic heterocycles. The fourth-order valence-corrected chi connectivity index (χ4v) is 10.9. The van der Waals surface area contributed by atoms with Gasteiger partial charge in [-0.1, -0.05) is 25.5 Å². The lowest BCUT2D eigenvalue weighted by atomic mass is 9.46. The van der Waals surface area contributed by atoms with Crippen LogP contribution >= 0.6 is 11.8 Å². The molecule has 0 aliphatic heterocycles. The van der Waals surface area contributed by atoms with Gasteiger partial charge in [0.15, 0.2) is 11.5 Å². The second-order valence-electron chi connectivity index (χ2n) is 9.39. The highest BCUT2D eigenvalue weighted by atomic mass is 32.2. The summed E-state index contributed by atoms with van der Waals surface area (Å²) in [5.41, 5.74) is -2.29. The first-order valence-corrected chi connectivity index (χ1v) is 12.9. The van der Waals surface area contributed by atoms with E-state index in [1.54, 1.807) is 23.9 Å². The van der Waals surface area contributed by atoms with Crippen molar-refractivity contribution in [3.05, 3.63) is 23.8 Å². The summed E-state index contributed by atoms with van der Waals surface area (Å²) in [6, 6.07) is 0. The van der Waals surface area contributed by atoms with E-state index in [9.17, 15) is 14.1 Å². The Bertz CT molecular complexity index is 795. The Morgan fingerprint density at radius 3 is 2.68 bits per heavy atom. The number of fused-ring (bicyclic) bond motifs is 5. The van der Waals surface area contributed by atoms with Gasteiger partial charge in [0, 0.05) is 27.9 Å². The van der Waals surface area contributed by atoms with Crippen LogP contribution in [0.2, 0.25) is 0 Å². The minimum absolute atomic E-state index is 0.0910. The van der Waals surface area contributed by atoms with E-state index in [1.165, 1.54) is 6.08 Å². The first-order chi connectivity index (χ1) is 13.1. The van der Waals surface area contributed by atoms with E-state index in [0.29, 0.717) is 25.0 Å². The second-order valence-corrected chi connectivity index (χ2v) is 12.7. The van der Waals surface area contributed by atoms with Crippen LogP contribution in [0.4, 0.5) is 4.39 Å². The molecule has 3 fully saturated rings. The SMILES string of the molecule is CCS(=O)[C@@]1(SC)CC[C@H]2[C@@H]3CCC4=CC(=O)C=C[C@]4(C)[C@@]3(F)[C@@H](O)C[C@@]21C. The smallest absolute Gasteiger partial charge is 0.178 e. The van der Waals surface area contributed by atoms with Crippen molar-refractivity contribution in [2.75, 3.05) is 12.0 Å². The molecule has 0 heterocycles. The normalized spacial score (nSPS) is 51.1. The summed E-state index contributed by atoms with van der Waals surface area (Å²) >= 11 is 1.66. The molecule has 8 atom stereocenters. The number of carbonyl (C=O) groups excluding carboxylic acids is 1. The molecule has 156 valence electrons. The van der Waals surface area contributed by atoms with Crippen LogP contribution < -0.4 is 0 Å². The number of halogens is 1. The van der Waals surface area contributed by atoms with Gasteiger partial charge in [-0.25, -0.2) is 4.39 Å². The van der Waals surface area contributed by atoms with Gasteiger partial charge in [-0.15, -0.1) is 11.8 Å². The van der Waals surface area contributed by atoms with E-state index in [1.807, 2.05) is 20.1 Å². The van der Waals surface area contributed by atoms with Gasteiger partial charge in [-0.05, 0) is 68.8 Å². The van der Waals surface area contributed by atoms with Gasteiger partial charge in [0.05, 0.1) is 10.2 Å². The molecule has 0 saturated heterocycles. The number of carbonyl (C=O) groups is 1. The predicted molar refractivity (Wildman–Crippen MR) is 113 cm³/mol. The molecule has 4 aliphatic rings. The molecule has 3 nitrogen and oxygen atoms in total. The Morgan fingerprint density at radius 1 is 1.32 bits per heavy atom. The number of aliphatic hydroxyl groups is 1. The van der Waals surface area contributed by atoms with Crippen molar-refractivity contribution in [3.8, 4) is 0 Å². The van der Waals surface area contributed by atoms with E-state index < -0.39 is 32.1 Å². The van der Waals surface area contributed by atoms with Gasteiger partial charge >= 0.3 is 0 Å². The van der Waals surface area contributed by atoms with Crippen molar-refractivity contribution in [1.29, 1.82) is 0 Å². The van der Waals surface area contributed by atoms with E-state index >= 15 is 4.39 Å². The van der Waals surface area contributed by atoms with E-state index in [-0.39, 0.29) is 23.0 Å². The Labute approximate surface area is 174 Å². The minimum Gasteiger partial charge on any atom is -0.390 e. The van der Waals surface area contributed by atoms with Gasteiger partial charge in [-0.3, -0.25) is 9.00 Å². The number of allylic oxidation sites excluding steroid dienone is 4. The number of hydrogen-bond acceptors (Lipinski definition) is 4. The fourth-order valence-electron chi connectivity index (χ4n) is 7.19. The first kappa shape index (κ1) is 20.8. The Balaban J connectivity index is 1.82. The van der Waals surface area contributed by atoms with Crippen molar-refractivity contribution in [1.82, 2.24) is 0 Å². The van der Waals surface area contributed by atoms with E-state index in [2.05, 4.69) is 6.92 Å². The Kier molecular flexibility index (Phi) is 4.84. The Morgan fingerprint density at radius 2 is 2.04 bits per heavy atom. The number of alkyl halides is 1. The van der Waals surface area contributed by atoms with Crippen LogP contribution in [0.1, 0.15) is 52.9 Å². The summed E-state index contributed by atoms with van der Waals surface area (Å²) in [7, 11) is -1.02. The highest BCUT2D eigenvalue weighted by Crippen LogP contribution is 2.72. The van der Waals surface area contributed by atoms with Crippen LogP contribution in [0.5, 0.6) is 0 Å². The van der Waals surface area contributed by atoms with Gasteiger partial charge in [0.25, 0.3) is 0 Å². The summed E-state index contributed by atoms with van der Waals surface area (Å²) in [5, 5.41) is 11.3. The van der Waals surface area contributed by atoms with Crippen molar-refractivity contribution >= 4 is 28.3 Å². The molecule has 0 amide bonds. The zero-order chi connectivity index (χ0) is 20.5. The lowest BCUT2D eigenvalue weighted by Crippen LogP contribution is -2.68. The lowest BCUT2D eigenvalue weighted by molar-refractivity contribution is -0.189. The quantitative estimate of drug-likeness (QED) is 0.735. The third-order valence-corrected chi connectivity index (χ3v) is 13.0. The molecule has 6 heteroatoms. The molecule has 28 heavy (non-hydrogen) atoms. The number of thioether (sulfide) groups is 1.